The Hall–Kier alpha value is -2.20. The number of sulfonamides is 1. The van der Waals surface area contributed by atoms with Gasteiger partial charge in [-0.15, -0.1) is 0 Å². The second kappa shape index (κ2) is 8.50. The molecule has 8 nitrogen and oxygen atoms in total. The van der Waals surface area contributed by atoms with Gasteiger partial charge in [0, 0.05) is 19.6 Å². The highest BCUT2D eigenvalue weighted by molar-refractivity contribution is 7.89. The molecule has 0 saturated carbocycles. The molecule has 1 saturated heterocycles. The lowest BCUT2D eigenvalue weighted by Gasteiger charge is -2.26. The van der Waals surface area contributed by atoms with Crippen molar-refractivity contribution in [3.8, 4) is 0 Å². The number of imidazole rings is 1. The molecule has 0 amide bonds. The highest BCUT2D eigenvalue weighted by Gasteiger charge is 2.27. The molecule has 0 bridgehead atoms. The smallest absolute Gasteiger partial charge is 0.243 e. The summed E-state index contributed by atoms with van der Waals surface area (Å²) in [6.07, 6.45) is 0. The minimum Gasteiger partial charge on any atom is -0.465 e. The minimum absolute atomic E-state index is 0.0427. The second-order valence-corrected chi connectivity index (χ2v) is 9.43. The van der Waals surface area contributed by atoms with Crippen molar-refractivity contribution in [3.63, 3.8) is 0 Å². The van der Waals surface area contributed by atoms with Crippen LogP contribution in [0.1, 0.15) is 37.2 Å². The Morgan fingerprint density at radius 2 is 1.97 bits per heavy atom. The number of furan rings is 1. The van der Waals surface area contributed by atoms with Crippen LogP contribution in [0.15, 0.2) is 39.6 Å². The summed E-state index contributed by atoms with van der Waals surface area (Å²) < 4.78 is 40.5. The van der Waals surface area contributed by atoms with Gasteiger partial charge in [0.1, 0.15) is 17.3 Å². The molecule has 3 aromatic rings. The van der Waals surface area contributed by atoms with Crippen LogP contribution in [-0.4, -0.2) is 48.6 Å². The van der Waals surface area contributed by atoms with Gasteiger partial charge in [-0.1, -0.05) is 0 Å². The fourth-order valence-corrected chi connectivity index (χ4v) is 5.20. The summed E-state index contributed by atoms with van der Waals surface area (Å²) in [7, 11) is -3.55. The molecule has 30 heavy (non-hydrogen) atoms. The number of aromatic nitrogens is 2. The lowest BCUT2D eigenvalue weighted by molar-refractivity contribution is 0.0730. The van der Waals surface area contributed by atoms with Crippen LogP contribution in [0, 0.1) is 6.92 Å². The average molecular weight is 433 g/mol. The van der Waals surface area contributed by atoms with Crippen LogP contribution in [-0.2, 0) is 27.8 Å². The first-order chi connectivity index (χ1) is 14.4. The van der Waals surface area contributed by atoms with Gasteiger partial charge in [0.2, 0.25) is 10.0 Å². The number of aryl methyl sites for hydroxylation is 2. The first-order valence-corrected chi connectivity index (χ1v) is 11.7. The molecule has 1 aliphatic heterocycles. The third kappa shape index (κ3) is 4.02. The Labute approximate surface area is 176 Å². The average Bonchev–Trinajstić information content (AvgIpc) is 3.35. The van der Waals surface area contributed by atoms with E-state index in [4.69, 9.17) is 14.1 Å². The Kier molecular flexibility index (Phi) is 5.97. The maximum absolute atomic E-state index is 13.0. The molecule has 1 unspecified atom stereocenters. The van der Waals surface area contributed by atoms with Crippen molar-refractivity contribution >= 4 is 21.1 Å². The van der Waals surface area contributed by atoms with E-state index in [-0.39, 0.29) is 10.9 Å². The van der Waals surface area contributed by atoms with Gasteiger partial charge in [-0.3, -0.25) is 0 Å². The van der Waals surface area contributed by atoms with Gasteiger partial charge in [0.05, 0.1) is 41.7 Å². The molecule has 4 rings (SSSR count). The van der Waals surface area contributed by atoms with E-state index < -0.39 is 10.0 Å². The van der Waals surface area contributed by atoms with Gasteiger partial charge in [0.15, 0.2) is 0 Å². The number of nitrogens with one attached hydrogen (secondary N) is 1. The second-order valence-electron chi connectivity index (χ2n) is 7.49. The fourth-order valence-electron chi connectivity index (χ4n) is 3.77. The zero-order chi connectivity index (χ0) is 21.3. The Balaban J connectivity index is 1.59. The summed E-state index contributed by atoms with van der Waals surface area (Å²) in [5.74, 6) is 2.63. The molecule has 0 spiro atoms. The van der Waals surface area contributed by atoms with E-state index in [2.05, 4.69) is 16.8 Å². The predicted molar refractivity (Wildman–Crippen MR) is 114 cm³/mol. The number of fused-ring (bicyclic) bond motifs is 1. The predicted octanol–water partition coefficient (Wildman–Crippen LogP) is 2.83. The highest BCUT2D eigenvalue weighted by atomic mass is 32.2. The van der Waals surface area contributed by atoms with Crippen LogP contribution in [0.25, 0.3) is 11.0 Å². The third-order valence-corrected chi connectivity index (χ3v) is 7.37. The minimum atomic E-state index is -3.55. The highest BCUT2D eigenvalue weighted by Crippen LogP contribution is 2.24. The SMILES string of the molecule is CCn1c(CNC(C)c2ccc(C)o2)nc2cc(S(=O)(=O)N3CCOCC3)ccc21. The molecule has 0 aliphatic carbocycles. The van der Waals surface area contributed by atoms with Crippen LogP contribution < -0.4 is 5.32 Å². The van der Waals surface area contributed by atoms with Gasteiger partial charge in [-0.05, 0) is 51.1 Å². The van der Waals surface area contributed by atoms with Crippen molar-refractivity contribution in [1.82, 2.24) is 19.2 Å². The first-order valence-electron chi connectivity index (χ1n) is 10.3. The van der Waals surface area contributed by atoms with E-state index in [1.807, 2.05) is 32.0 Å². The zero-order valence-electron chi connectivity index (χ0n) is 17.6. The maximum Gasteiger partial charge on any atom is 0.243 e. The van der Waals surface area contributed by atoms with Crippen LogP contribution >= 0.6 is 0 Å². The normalized spacial score (nSPS) is 16.9. The molecule has 1 N–H and O–H groups in total. The van der Waals surface area contributed by atoms with Gasteiger partial charge < -0.3 is 19.0 Å². The first kappa shape index (κ1) is 21.0. The van der Waals surface area contributed by atoms with Crippen molar-refractivity contribution in [2.45, 2.75) is 44.8 Å². The molecule has 1 aliphatic rings. The lowest BCUT2D eigenvalue weighted by atomic mass is 10.2. The Bertz CT molecular complexity index is 1130. The Morgan fingerprint density at radius 1 is 1.20 bits per heavy atom. The molecule has 9 heteroatoms. The van der Waals surface area contributed by atoms with Gasteiger partial charge in [-0.25, -0.2) is 13.4 Å². The number of morpholine rings is 1. The van der Waals surface area contributed by atoms with E-state index in [9.17, 15) is 8.42 Å². The summed E-state index contributed by atoms with van der Waals surface area (Å²) in [6.45, 7) is 8.94. The molecule has 3 heterocycles. The largest absolute Gasteiger partial charge is 0.465 e. The molecule has 0 radical (unpaired) electrons. The number of nitrogens with zero attached hydrogens (tertiary/aromatic N) is 3. The molecular formula is C21H28N4O4S. The number of ether oxygens (including phenoxy) is 1. The summed E-state index contributed by atoms with van der Waals surface area (Å²) in [5.41, 5.74) is 1.61. The third-order valence-electron chi connectivity index (χ3n) is 5.48. The number of hydrogen-bond donors (Lipinski definition) is 1. The van der Waals surface area contributed by atoms with Gasteiger partial charge in [-0.2, -0.15) is 4.31 Å². The van der Waals surface area contributed by atoms with E-state index in [0.717, 1.165) is 29.4 Å². The summed E-state index contributed by atoms with van der Waals surface area (Å²) in [4.78, 5) is 5.01. The zero-order valence-corrected chi connectivity index (χ0v) is 18.4. The summed E-state index contributed by atoms with van der Waals surface area (Å²) in [5, 5.41) is 3.44. The molecule has 162 valence electrons. The molecule has 1 aromatic carbocycles. The molecular weight excluding hydrogens is 404 g/mol. The van der Waals surface area contributed by atoms with Crippen LogP contribution in [0.3, 0.4) is 0 Å². The topological polar surface area (TPSA) is 89.6 Å². The summed E-state index contributed by atoms with van der Waals surface area (Å²) >= 11 is 0. The van der Waals surface area contributed by atoms with Gasteiger partial charge in [0.25, 0.3) is 0 Å². The number of hydrogen-bond acceptors (Lipinski definition) is 6. The van der Waals surface area contributed by atoms with Crippen molar-refractivity contribution < 1.29 is 17.6 Å². The Morgan fingerprint density at radius 3 is 2.63 bits per heavy atom. The van der Waals surface area contributed by atoms with E-state index in [0.29, 0.717) is 38.4 Å². The number of rotatable bonds is 7. The van der Waals surface area contributed by atoms with Crippen molar-refractivity contribution in [1.29, 1.82) is 0 Å². The van der Waals surface area contributed by atoms with E-state index >= 15 is 0 Å². The fraction of sp³-hybridized carbons (Fsp3) is 0.476. The number of benzene rings is 1. The van der Waals surface area contributed by atoms with Crippen LogP contribution in [0.4, 0.5) is 0 Å². The quantitative estimate of drug-likeness (QED) is 0.618. The van der Waals surface area contributed by atoms with Gasteiger partial charge >= 0.3 is 0 Å². The van der Waals surface area contributed by atoms with E-state index in [1.54, 1.807) is 12.1 Å². The molecule has 1 fully saturated rings. The molecule has 2 aromatic heterocycles. The van der Waals surface area contributed by atoms with Crippen molar-refractivity contribution in [2.75, 3.05) is 26.3 Å². The van der Waals surface area contributed by atoms with Crippen molar-refractivity contribution in [3.05, 3.63) is 47.7 Å². The monoisotopic (exact) mass is 432 g/mol. The standard InChI is InChI=1S/C21H28N4O4S/c1-4-25-19-7-6-17(30(26,27)24-9-11-28-12-10-24)13-18(19)23-21(25)14-22-16(3)20-8-5-15(2)29-20/h5-8,13,16,22H,4,9-12,14H2,1-3H3. The van der Waals surface area contributed by atoms with Crippen molar-refractivity contribution in [2.24, 2.45) is 0 Å². The van der Waals surface area contributed by atoms with E-state index in [1.165, 1.54) is 4.31 Å². The molecule has 1 atom stereocenters. The maximum atomic E-state index is 13.0. The van der Waals surface area contributed by atoms with Crippen LogP contribution in [0.2, 0.25) is 0 Å². The summed E-state index contributed by atoms with van der Waals surface area (Å²) in [6, 6.07) is 9.16. The van der Waals surface area contributed by atoms with Crippen LogP contribution in [0.5, 0.6) is 0 Å². The lowest BCUT2D eigenvalue weighted by Crippen LogP contribution is -2.40.